The van der Waals surface area contributed by atoms with Crippen LogP contribution in [0, 0.1) is 45.6 Å². The van der Waals surface area contributed by atoms with E-state index in [0.717, 1.165) is 6.42 Å². The number of nitrogens with zero attached hydrogens (tertiary/aromatic N) is 2. The van der Waals surface area contributed by atoms with Crippen molar-refractivity contribution < 1.29 is 19.2 Å². The monoisotopic (exact) mass is 340 g/mol. The van der Waals surface area contributed by atoms with Gasteiger partial charge in [-0.25, -0.2) is 4.90 Å². The Balaban J connectivity index is 1.57. The number of benzene rings is 1. The molecule has 1 saturated heterocycles. The van der Waals surface area contributed by atoms with Crippen LogP contribution < -0.4 is 9.64 Å². The van der Waals surface area contributed by atoms with Crippen LogP contribution in [0.15, 0.2) is 30.4 Å². The molecule has 5 aliphatic rings. The maximum absolute atomic E-state index is 13.1. The molecule has 0 radical (unpaired) electrons. The number of ether oxygens (including phenoxy) is 1. The van der Waals surface area contributed by atoms with Gasteiger partial charge in [0.15, 0.2) is 0 Å². The first-order valence-corrected chi connectivity index (χ1v) is 8.41. The molecular formula is C18H16N2O5. The first-order valence-electron chi connectivity index (χ1n) is 8.41. The molecule has 2 bridgehead atoms. The quantitative estimate of drug-likeness (QED) is 0.364. The summed E-state index contributed by atoms with van der Waals surface area (Å²) in [4.78, 5) is 37.8. The molecule has 1 aromatic carbocycles. The van der Waals surface area contributed by atoms with E-state index >= 15 is 0 Å². The number of carbonyl (C=O) groups is 2. The Bertz CT molecular complexity index is 827. The molecule has 0 spiro atoms. The number of amides is 2. The lowest BCUT2D eigenvalue weighted by atomic mass is 9.63. The summed E-state index contributed by atoms with van der Waals surface area (Å²) >= 11 is 0. The molecular weight excluding hydrogens is 324 g/mol. The van der Waals surface area contributed by atoms with E-state index in [-0.39, 0.29) is 46.9 Å². The molecule has 1 aromatic rings. The van der Waals surface area contributed by atoms with Crippen LogP contribution in [-0.2, 0) is 9.59 Å². The van der Waals surface area contributed by atoms with Crippen LogP contribution in [0.3, 0.4) is 0 Å². The molecule has 0 unspecified atom stereocenters. The standard InChI is InChI=1S/C18H16N2O5/c1-25-14-6-8(20(23)24)2-5-13(14)19-17(21)15-9-3-4-10(12-7-11(9)12)16(15)18(19)22/h2-6,9-12,15-16H,7H2,1H3/t9-,10-,11-,12+,15-,16+/m0/s1. The number of allylic oxidation sites excluding steroid dienone is 2. The molecule has 1 heterocycles. The average Bonchev–Trinajstić information content (AvgIpc) is 3.39. The average molecular weight is 340 g/mol. The SMILES string of the molecule is COc1cc([N+](=O)[O-])ccc1N1C(=O)[C@@H]2[C@H]3C=C[C@@H]([C@@H]4C[C@H]34)[C@@H]2C1=O. The van der Waals surface area contributed by atoms with E-state index in [0.29, 0.717) is 17.5 Å². The van der Waals surface area contributed by atoms with Crippen LogP contribution in [0.25, 0.3) is 0 Å². The number of imide groups is 1. The summed E-state index contributed by atoms with van der Waals surface area (Å²) in [6.07, 6.45) is 5.33. The minimum absolute atomic E-state index is 0.139. The molecule has 7 heteroatoms. The van der Waals surface area contributed by atoms with E-state index in [9.17, 15) is 19.7 Å². The van der Waals surface area contributed by atoms with Crippen LogP contribution in [0.2, 0.25) is 0 Å². The van der Waals surface area contributed by atoms with Crippen molar-refractivity contribution in [3.63, 3.8) is 0 Å². The van der Waals surface area contributed by atoms with Crippen molar-refractivity contribution in [2.75, 3.05) is 12.0 Å². The van der Waals surface area contributed by atoms with Crippen LogP contribution in [0.1, 0.15) is 6.42 Å². The summed E-state index contributed by atoms with van der Waals surface area (Å²) < 4.78 is 5.23. The van der Waals surface area contributed by atoms with Gasteiger partial charge in [0.2, 0.25) is 11.8 Å². The second-order valence-electron chi connectivity index (χ2n) is 7.28. The van der Waals surface area contributed by atoms with Crippen LogP contribution in [-0.4, -0.2) is 23.8 Å². The van der Waals surface area contributed by atoms with Crippen molar-refractivity contribution in [3.8, 4) is 5.75 Å². The second kappa shape index (κ2) is 4.68. The summed E-state index contributed by atoms with van der Waals surface area (Å²) in [7, 11) is 1.38. The lowest BCUT2D eigenvalue weighted by Crippen LogP contribution is -2.40. The van der Waals surface area contributed by atoms with Crippen LogP contribution in [0.5, 0.6) is 5.75 Å². The zero-order valence-corrected chi connectivity index (χ0v) is 13.5. The Hall–Kier alpha value is -2.70. The number of methoxy groups -OCH3 is 1. The molecule has 3 fully saturated rings. The Morgan fingerprint density at radius 1 is 1.12 bits per heavy atom. The molecule has 2 saturated carbocycles. The summed E-state index contributed by atoms with van der Waals surface area (Å²) in [6, 6.07) is 3.98. The second-order valence-corrected chi connectivity index (χ2v) is 7.28. The zero-order valence-electron chi connectivity index (χ0n) is 13.5. The highest BCUT2D eigenvalue weighted by Gasteiger charge is 2.67. The fourth-order valence-electron chi connectivity index (χ4n) is 5.16. The highest BCUT2D eigenvalue weighted by atomic mass is 16.6. The number of nitro groups is 1. The molecule has 4 aliphatic carbocycles. The van der Waals surface area contributed by atoms with Gasteiger partial charge in [0, 0.05) is 6.07 Å². The Morgan fingerprint density at radius 3 is 2.24 bits per heavy atom. The van der Waals surface area contributed by atoms with E-state index < -0.39 is 4.92 Å². The Labute approximate surface area is 143 Å². The third-order valence-corrected chi connectivity index (χ3v) is 6.28. The highest BCUT2D eigenvalue weighted by Crippen LogP contribution is 2.65. The number of hydrogen-bond acceptors (Lipinski definition) is 5. The Morgan fingerprint density at radius 2 is 1.72 bits per heavy atom. The maximum atomic E-state index is 13.1. The van der Waals surface area contributed by atoms with E-state index in [1.807, 2.05) is 0 Å². The smallest absolute Gasteiger partial charge is 0.273 e. The highest BCUT2D eigenvalue weighted by molar-refractivity contribution is 6.23. The van der Waals surface area contributed by atoms with Gasteiger partial charge >= 0.3 is 0 Å². The normalized spacial score (nSPS) is 37.1. The number of nitro benzene ring substituents is 1. The molecule has 128 valence electrons. The lowest BCUT2D eigenvalue weighted by molar-refractivity contribution is -0.384. The lowest BCUT2D eigenvalue weighted by Gasteiger charge is -2.37. The van der Waals surface area contributed by atoms with Gasteiger partial charge in [-0.1, -0.05) is 12.2 Å². The number of anilines is 1. The molecule has 1 aliphatic heterocycles. The number of rotatable bonds is 3. The van der Waals surface area contributed by atoms with Crippen LogP contribution >= 0.6 is 0 Å². The summed E-state index contributed by atoms with van der Waals surface area (Å²) in [5.74, 6) is 0.519. The first-order chi connectivity index (χ1) is 12.0. The molecule has 25 heavy (non-hydrogen) atoms. The molecule has 6 rings (SSSR count). The fraction of sp³-hybridized carbons (Fsp3) is 0.444. The third kappa shape index (κ3) is 1.75. The van der Waals surface area contributed by atoms with Gasteiger partial charge in [-0.05, 0) is 36.2 Å². The molecule has 2 amide bonds. The molecule has 6 atom stereocenters. The predicted molar refractivity (Wildman–Crippen MR) is 86.8 cm³/mol. The maximum Gasteiger partial charge on any atom is 0.273 e. The van der Waals surface area contributed by atoms with Crippen molar-refractivity contribution in [2.45, 2.75) is 6.42 Å². The third-order valence-electron chi connectivity index (χ3n) is 6.28. The largest absolute Gasteiger partial charge is 0.494 e. The van der Waals surface area contributed by atoms with Crippen molar-refractivity contribution >= 4 is 23.2 Å². The predicted octanol–water partition coefficient (Wildman–Crippen LogP) is 2.16. The van der Waals surface area contributed by atoms with Gasteiger partial charge in [0.05, 0.1) is 35.6 Å². The van der Waals surface area contributed by atoms with Gasteiger partial charge in [0.25, 0.3) is 5.69 Å². The van der Waals surface area contributed by atoms with Gasteiger partial charge < -0.3 is 4.74 Å². The minimum atomic E-state index is -0.530. The number of hydrogen-bond donors (Lipinski definition) is 0. The topological polar surface area (TPSA) is 89.8 Å². The van der Waals surface area contributed by atoms with E-state index in [1.165, 1.54) is 30.2 Å². The van der Waals surface area contributed by atoms with E-state index in [4.69, 9.17) is 4.74 Å². The van der Waals surface area contributed by atoms with Gasteiger partial charge in [-0.3, -0.25) is 19.7 Å². The molecule has 7 nitrogen and oxygen atoms in total. The zero-order chi connectivity index (χ0) is 17.5. The van der Waals surface area contributed by atoms with Crippen molar-refractivity contribution in [2.24, 2.45) is 35.5 Å². The summed E-state index contributed by atoms with van der Waals surface area (Å²) in [6.45, 7) is 0. The fourth-order valence-corrected chi connectivity index (χ4v) is 5.16. The van der Waals surface area contributed by atoms with Crippen molar-refractivity contribution in [1.82, 2.24) is 0 Å². The number of carbonyl (C=O) groups excluding carboxylic acids is 2. The van der Waals surface area contributed by atoms with Gasteiger partial charge in [-0.2, -0.15) is 0 Å². The van der Waals surface area contributed by atoms with Gasteiger partial charge in [0.1, 0.15) is 5.75 Å². The van der Waals surface area contributed by atoms with Crippen molar-refractivity contribution in [1.29, 1.82) is 0 Å². The molecule has 0 N–H and O–H groups in total. The minimum Gasteiger partial charge on any atom is -0.494 e. The van der Waals surface area contributed by atoms with Crippen molar-refractivity contribution in [3.05, 3.63) is 40.5 Å². The summed E-state index contributed by atoms with van der Waals surface area (Å²) in [5.41, 5.74) is 0.158. The molecule has 0 aromatic heterocycles. The van der Waals surface area contributed by atoms with Crippen LogP contribution in [0.4, 0.5) is 11.4 Å². The van der Waals surface area contributed by atoms with E-state index in [2.05, 4.69) is 12.2 Å². The first kappa shape index (κ1) is 14.6. The van der Waals surface area contributed by atoms with Gasteiger partial charge in [-0.15, -0.1) is 0 Å². The summed E-state index contributed by atoms with van der Waals surface area (Å²) in [5, 5.41) is 11.0. The van der Waals surface area contributed by atoms with E-state index in [1.54, 1.807) is 0 Å². The number of non-ortho nitro benzene ring substituents is 1. The Kier molecular flexibility index (Phi) is 2.74.